The molecule has 0 bridgehead atoms. The number of nitrogens with zero attached hydrogens (tertiary/aromatic N) is 2. The van der Waals surface area contributed by atoms with Crippen molar-refractivity contribution in [3.63, 3.8) is 0 Å². The molecule has 0 spiro atoms. The minimum Gasteiger partial charge on any atom is -0.489 e. The Morgan fingerprint density at radius 3 is 2.06 bits per heavy atom. The van der Waals surface area contributed by atoms with E-state index in [9.17, 15) is 4.79 Å². The van der Waals surface area contributed by atoms with E-state index in [4.69, 9.17) is 9.84 Å². The Labute approximate surface area is 190 Å². The molecule has 32 heavy (non-hydrogen) atoms. The van der Waals surface area contributed by atoms with Crippen molar-refractivity contribution in [2.24, 2.45) is 0 Å². The highest BCUT2D eigenvalue weighted by Crippen LogP contribution is 2.20. The van der Waals surface area contributed by atoms with E-state index in [0.29, 0.717) is 12.4 Å². The van der Waals surface area contributed by atoms with Crippen molar-refractivity contribution in [2.45, 2.75) is 64.9 Å². The van der Waals surface area contributed by atoms with Gasteiger partial charge in [-0.1, -0.05) is 57.6 Å². The van der Waals surface area contributed by atoms with Gasteiger partial charge < -0.3 is 9.84 Å². The molecule has 0 aliphatic rings. The van der Waals surface area contributed by atoms with Gasteiger partial charge in [-0.2, -0.15) is 0 Å². The van der Waals surface area contributed by atoms with Gasteiger partial charge in [-0.3, -0.25) is 0 Å². The fourth-order valence-electron chi connectivity index (χ4n) is 3.53. The first-order valence-corrected chi connectivity index (χ1v) is 11.5. The normalized spacial score (nSPS) is 10.8. The summed E-state index contributed by atoms with van der Waals surface area (Å²) in [7, 11) is 0. The number of rotatable bonds is 13. The summed E-state index contributed by atoms with van der Waals surface area (Å²) in [6.45, 7) is 2.63. The van der Waals surface area contributed by atoms with Crippen molar-refractivity contribution >= 4 is 5.97 Å². The molecule has 0 aliphatic carbocycles. The van der Waals surface area contributed by atoms with Crippen molar-refractivity contribution in [3.8, 4) is 17.1 Å². The van der Waals surface area contributed by atoms with E-state index in [2.05, 4.69) is 16.9 Å². The van der Waals surface area contributed by atoms with Gasteiger partial charge in [0.15, 0.2) is 5.82 Å². The Hall–Kier alpha value is -3.21. The second kappa shape index (κ2) is 12.6. The molecule has 0 saturated heterocycles. The number of carboxylic acid groups (broad SMARTS) is 1. The van der Waals surface area contributed by atoms with Gasteiger partial charge in [0, 0.05) is 18.0 Å². The van der Waals surface area contributed by atoms with E-state index in [-0.39, 0.29) is 5.56 Å². The molecule has 0 fully saturated rings. The van der Waals surface area contributed by atoms with Crippen LogP contribution in [0.3, 0.4) is 0 Å². The summed E-state index contributed by atoms with van der Waals surface area (Å²) in [5.41, 5.74) is 3.33. The van der Waals surface area contributed by atoms with Crippen LogP contribution in [0.1, 0.15) is 73.4 Å². The monoisotopic (exact) mass is 432 g/mol. The Balaban J connectivity index is 1.44. The van der Waals surface area contributed by atoms with Crippen molar-refractivity contribution in [1.29, 1.82) is 0 Å². The third-order valence-electron chi connectivity index (χ3n) is 5.49. The van der Waals surface area contributed by atoms with Crippen LogP contribution in [0.5, 0.6) is 5.75 Å². The van der Waals surface area contributed by atoms with Crippen LogP contribution >= 0.6 is 0 Å². The van der Waals surface area contributed by atoms with Gasteiger partial charge in [0.05, 0.1) is 5.56 Å². The molecule has 1 aromatic heterocycles. The number of aromatic nitrogens is 2. The molecule has 5 nitrogen and oxygen atoms in total. The molecule has 1 heterocycles. The van der Waals surface area contributed by atoms with Crippen molar-refractivity contribution in [3.05, 3.63) is 77.6 Å². The molecule has 0 amide bonds. The number of aryl methyl sites for hydroxylation is 1. The molecular weight excluding hydrogens is 400 g/mol. The molecule has 0 aliphatic heterocycles. The Bertz CT molecular complexity index is 952. The number of unbranched alkanes of at least 4 members (excludes halogenated alkanes) is 6. The van der Waals surface area contributed by atoms with Gasteiger partial charge in [-0.25, -0.2) is 14.8 Å². The fraction of sp³-hybridized carbons (Fsp3) is 0.370. The van der Waals surface area contributed by atoms with Gasteiger partial charge >= 0.3 is 5.97 Å². The van der Waals surface area contributed by atoms with E-state index in [0.717, 1.165) is 23.3 Å². The summed E-state index contributed by atoms with van der Waals surface area (Å²) >= 11 is 0. The van der Waals surface area contributed by atoms with Crippen molar-refractivity contribution in [1.82, 2.24) is 9.97 Å². The number of ether oxygens (including phenoxy) is 1. The summed E-state index contributed by atoms with van der Waals surface area (Å²) in [6.07, 6.45) is 14.0. The molecule has 3 aromatic rings. The standard InChI is InChI=1S/C27H32N2O3/c1-2-3-4-5-6-7-8-9-22-18-28-26(29-19-22)23-14-16-25(17-15-23)32-20-21-10-12-24(13-11-21)27(30)31/h10-19H,2-9,20H2,1H3,(H,30,31). The third kappa shape index (κ3) is 7.49. The minimum atomic E-state index is -0.930. The zero-order valence-electron chi connectivity index (χ0n) is 18.8. The Morgan fingerprint density at radius 1 is 0.812 bits per heavy atom. The van der Waals surface area contributed by atoms with Crippen LogP contribution in [-0.4, -0.2) is 21.0 Å². The highest BCUT2D eigenvalue weighted by molar-refractivity contribution is 5.87. The number of carbonyl (C=O) groups is 1. The number of carboxylic acids is 1. The zero-order valence-corrected chi connectivity index (χ0v) is 18.8. The van der Waals surface area contributed by atoms with E-state index in [1.807, 2.05) is 36.7 Å². The first kappa shape index (κ1) is 23.5. The maximum absolute atomic E-state index is 10.9. The number of aromatic carboxylic acids is 1. The van der Waals surface area contributed by atoms with Crippen LogP contribution in [0.4, 0.5) is 0 Å². The summed E-state index contributed by atoms with van der Waals surface area (Å²) in [6, 6.07) is 14.4. The van der Waals surface area contributed by atoms with E-state index in [1.165, 1.54) is 50.5 Å². The molecular formula is C27H32N2O3. The van der Waals surface area contributed by atoms with Crippen LogP contribution in [0.25, 0.3) is 11.4 Å². The molecule has 0 saturated carbocycles. The van der Waals surface area contributed by atoms with Crippen LogP contribution in [0, 0.1) is 0 Å². The second-order valence-electron chi connectivity index (χ2n) is 8.10. The predicted octanol–water partition coefficient (Wildman–Crippen LogP) is 6.71. The second-order valence-corrected chi connectivity index (χ2v) is 8.10. The predicted molar refractivity (Wildman–Crippen MR) is 127 cm³/mol. The average Bonchev–Trinajstić information content (AvgIpc) is 2.83. The van der Waals surface area contributed by atoms with Gasteiger partial charge in [-0.15, -0.1) is 0 Å². The quantitative estimate of drug-likeness (QED) is 0.304. The van der Waals surface area contributed by atoms with Crippen LogP contribution < -0.4 is 4.74 Å². The van der Waals surface area contributed by atoms with Gasteiger partial charge in [-0.05, 0) is 60.4 Å². The maximum atomic E-state index is 10.9. The maximum Gasteiger partial charge on any atom is 0.335 e. The van der Waals surface area contributed by atoms with E-state index < -0.39 is 5.97 Å². The van der Waals surface area contributed by atoms with Crippen LogP contribution in [-0.2, 0) is 13.0 Å². The van der Waals surface area contributed by atoms with Crippen molar-refractivity contribution < 1.29 is 14.6 Å². The van der Waals surface area contributed by atoms with Gasteiger partial charge in [0.1, 0.15) is 12.4 Å². The van der Waals surface area contributed by atoms with E-state index in [1.54, 1.807) is 24.3 Å². The lowest BCUT2D eigenvalue weighted by Gasteiger charge is -2.08. The molecule has 5 heteroatoms. The molecule has 0 unspecified atom stereocenters. The molecule has 0 radical (unpaired) electrons. The molecule has 0 atom stereocenters. The first-order chi connectivity index (χ1) is 15.7. The molecule has 3 rings (SSSR count). The lowest BCUT2D eigenvalue weighted by atomic mass is 10.1. The summed E-state index contributed by atoms with van der Waals surface area (Å²) in [5, 5.41) is 8.96. The van der Waals surface area contributed by atoms with Gasteiger partial charge in [0.25, 0.3) is 0 Å². The van der Waals surface area contributed by atoms with Crippen LogP contribution in [0.15, 0.2) is 60.9 Å². The van der Waals surface area contributed by atoms with Gasteiger partial charge in [0.2, 0.25) is 0 Å². The SMILES string of the molecule is CCCCCCCCCc1cnc(-c2ccc(OCc3ccc(C(=O)O)cc3)cc2)nc1. The van der Waals surface area contributed by atoms with Crippen molar-refractivity contribution in [2.75, 3.05) is 0 Å². The molecule has 168 valence electrons. The fourth-order valence-corrected chi connectivity index (χ4v) is 3.53. The smallest absolute Gasteiger partial charge is 0.335 e. The average molecular weight is 433 g/mol. The Morgan fingerprint density at radius 2 is 1.44 bits per heavy atom. The highest BCUT2D eigenvalue weighted by Gasteiger charge is 2.05. The topological polar surface area (TPSA) is 72.3 Å². The van der Waals surface area contributed by atoms with E-state index >= 15 is 0 Å². The first-order valence-electron chi connectivity index (χ1n) is 11.5. The zero-order chi connectivity index (χ0) is 22.6. The lowest BCUT2D eigenvalue weighted by Crippen LogP contribution is -1.99. The largest absolute Gasteiger partial charge is 0.489 e. The Kier molecular flexibility index (Phi) is 9.23. The number of hydrogen-bond acceptors (Lipinski definition) is 4. The summed E-state index contributed by atoms with van der Waals surface area (Å²) < 4.78 is 5.80. The third-order valence-corrected chi connectivity index (χ3v) is 5.49. The number of benzene rings is 2. The summed E-state index contributed by atoms with van der Waals surface area (Å²) in [4.78, 5) is 20.0. The highest BCUT2D eigenvalue weighted by atomic mass is 16.5. The molecule has 2 aromatic carbocycles. The summed E-state index contributed by atoms with van der Waals surface area (Å²) in [5.74, 6) is 0.525. The molecule has 1 N–H and O–H groups in total. The van der Waals surface area contributed by atoms with Crippen LogP contribution in [0.2, 0.25) is 0 Å². The number of hydrogen-bond donors (Lipinski definition) is 1. The lowest BCUT2D eigenvalue weighted by molar-refractivity contribution is 0.0697. The minimum absolute atomic E-state index is 0.270.